The lowest BCUT2D eigenvalue weighted by Gasteiger charge is -2.05. The fourth-order valence-electron chi connectivity index (χ4n) is 1.56. The van der Waals surface area contributed by atoms with Crippen molar-refractivity contribution in [1.82, 2.24) is 9.71 Å². The maximum absolute atomic E-state index is 12.1. The Morgan fingerprint density at radius 1 is 1.48 bits per heavy atom. The second kappa shape index (κ2) is 5.76. The molecule has 0 aliphatic heterocycles. The van der Waals surface area contributed by atoms with E-state index in [0.717, 1.165) is 23.2 Å². The molecule has 10 heteroatoms. The number of phenolic OH excluding ortho intramolecular Hbond substituents is 1. The molecule has 0 radical (unpaired) electrons. The van der Waals surface area contributed by atoms with Crippen LogP contribution in [0.5, 0.6) is 5.75 Å². The fraction of sp³-hybridized carbons (Fsp3) is 0.182. The largest absolute Gasteiger partial charge is 0.502 e. The third kappa shape index (κ3) is 3.54. The monoisotopic (exact) mass is 329 g/mol. The van der Waals surface area contributed by atoms with Gasteiger partial charge in [-0.2, -0.15) is 0 Å². The van der Waals surface area contributed by atoms with E-state index in [-0.39, 0.29) is 11.4 Å². The molecule has 1 aromatic heterocycles. The van der Waals surface area contributed by atoms with Crippen molar-refractivity contribution >= 4 is 27.0 Å². The van der Waals surface area contributed by atoms with Gasteiger partial charge in [0.15, 0.2) is 5.75 Å². The van der Waals surface area contributed by atoms with Gasteiger partial charge in [0.2, 0.25) is 10.0 Å². The molecule has 1 heterocycles. The van der Waals surface area contributed by atoms with Crippen LogP contribution >= 0.6 is 11.3 Å². The normalized spacial score (nSPS) is 11.5. The Morgan fingerprint density at radius 3 is 2.76 bits per heavy atom. The minimum Gasteiger partial charge on any atom is -0.502 e. The Kier molecular flexibility index (Phi) is 4.21. The molecule has 21 heavy (non-hydrogen) atoms. The van der Waals surface area contributed by atoms with E-state index in [2.05, 4.69) is 9.71 Å². The molecule has 8 nitrogen and oxygen atoms in total. The Labute approximate surface area is 124 Å². The maximum atomic E-state index is 12.1. The molecule has 0 aliphatic carbocycles. The van der Waals surface area contributed by atoms with Crippen LogP contribution in [-0.2, 0) is 16.6 Å². The molecule has 0 bridgehead atoms. The van der Waals surface area contributed by atoms with E-state index in [1.165, 1.54) is 11.3 Å². The summed E-state index contributed by atoms with van der Waals surface area (Å²) >= 11 is 1.39. The number of nitrogens with zero attached hydrogens (tertiary/aromatic N) is 2. The van der Waals surface area contributed by atoms with Crippen LogP contribution in [0.1, 0.15) is 10.7 Å². The van der Waals surface area contributed by atoms with Crippen molar-refractivity contribution < 1.29 is 18.4 Å². The van der Waals surface area contributed by atoms with Gasteiger partial charge in [0.1, 0.15) is 0 Å². The number of hydrogen-bond donors (Lipinski definition) is 2. The summed E-state index contributed by atoms with van der Waals surface area (Å²) < 4.78 is 26.4. The third-order valence-electron chi connectivity index (χ3n) is 2.56. The predicted octanol–water partition coefficient (Wildman–Crippen LogP) is 1.54. The number of nitro benzene ring substituents is 1. The summed E-state index contributed by atoms with van der Waals surface area (Å²) in [5, 5.41) is 22.6. The number of nitro groups is 1. The lowest BCUT2D eigenvalue weighted by atomic mass is 10.3. The zero-order chi connectivity index (χ0) is 15.6. The average Bonchev–Trinajstić information content (AvgIpc) is 2.82. The van der Waals surface area contributed by atoms with Gasteiger partial charge < -0.3 is 5.11 Å². The first-order valence-electron chi connectivity index (χ1n) is 5.67. The second-order valence-electron chi connectivity index (χ2n) is 4.09. The molecule has 2 N–H and O–H groups in total. The zero-order valence-electron chi connectivity index (χ0n) is 10.8. The minimum absolute atomic E-state index is 0.0126. The highest BCUT2D eigenvalue weighted by Gasteiger charge is 2.21. The number of hydrogen-bond acceptors (Lipinski definition) is 7. The van der Waals surface area contributed by atoms with Crippen molar-refractivity contribution in [1.29, 1.82) is 0 Å². The maximum Gasteiger partial charge on any atom is 0.312 e. The summed E-state index contributed by atoms with van der Waals surface area (Å²) in [6.07, 6.45) is 0. The number of phenols is 1. The van der Waals surface area contributed by atoms with Crippen LogP contribution in [-0.4, -0.2) is 23.4 Å². The van der Waals surface area contributed by atoms with E-state index in [4.69, 9.17) is 0 Å². The molecule has 0 spiro atoms. The summed E-state index contributed by atoms with van der Waals surface area (Å²) in [4.78, 5) is 13.7. The summed E-state index contributed by atoms with van der Waals surface area (Å²) in [6.45, 7) is 1.79. The SMILES string of the molecule is Cc1nc(CNS(=O)(=O)c2ccc(O)c([N+](=O)[O-])c2)cs1. The summed E-state index contributed by atoms with van der Waals surface area (Å²) in [5.74, 6) is -0.589. The Morgan fingerprint density at radius 2 is 2.19 bits per heavy atom. The van der Waals surface area contributed by atoms with Crippen molar-refractivity contribution in [3.8, 4) is 5.75 Å². The molecule has 112 valence electrons. The van der Waals surface area contributed by atoms with E-state index in [0.29, 0.717) is 5.69 Å². The highest BCUT2D eigenvalue weighted by Crippen LogP contribution is 2.28. The molecule has 2 rings (SSSR count). The molecule has 1 aromatic carbocycles. The van der Waals surface area contributed by atoms with Crippen LogP contribution in [0, 0.1) is 17.0 Å². The summed E-state index contributed by atoms with van der Waals surface area (Å²) in [6, 6.07) is 2.88. The smallest absolute Gasteiger partial charge is 0.312 e. The quantitative estimate of drug-likeness (QED) is 0.633. The van der Waals surface area contributed by atoms with Gasteiger partial charge in [0.05, 0.1) is 27.1 Å². The predicted molar refractivity (Wildman–Crippen MR) is 75.6 cm³/mol. The third-order valence-corrected chi connectivity index (χ3v) is 4.78. The van der Waals surface area contributed by atoms with Crippen molar-refractivity contribution in [2.45, 2.75) is 18.4 Å². The van der Waals surface area contributed by atoms with Gasteiger partial charge in [-0.3, -0.25) is 10.1 Å². The van der Waals surface area contributed by atoms with Gasteiger partial charge in [-0.05, 0) is 19.1 Å². The number of aryl methyl sites for hydroxylation is 1. The van der Waals surface area contributed by atoms with Gasteiger partial charge in [-0.15, -0.1) is 11.3 Å². The van der Waals surface area contributed by atoms with E-state index in [9.17, 15) is 23.6 Å². The molecule has 0 fully saturated rings. The fourth-order valence-corrected chi connectivity index (χ4v) is 3.19. The van der Waals surface area contributed by atoms with Gasteiger partial charge in [-0.25, -0.2) is 18.1 Å². The zero-order valence-corrected chi connectivity index (χ0v) is 12.4. The number of thiazole rings is 1. The van der Waals surface area contributed by atoms with Crippen molar-refractivity contribution in [3.05, 3.63) is 44.4 Å². The molecular formula is C11H11N3O5S2. The second-order valence-corrected chi connectivity index (χ2v) is 6.92. The number of rotatable bonds is 5. The Hall–Kier alpha value is -2.04. The van der Waals surface area contributed by atoms with Crippen LogP contribution in [0.3, 0.4) is 0 Å². The van der Waals surface area contributed by atoms with Crippen LogP contribution in [0.4, 0.5) is 5.69 Å². The summed E-state index contributed by atoms with van der Waals surface area (Å²) in [7, 11) is -3.92. The van der Waals surface area contributed by atoms with Crippen LogP contribution in [0.25, 0.3) is 0 Å². The molecular weight excluding hydrogens is 318 g/mol. The first-order valence-corrected chi connectivity index (χ1v) is 8.04. The summed E-state index contributed by atoms with van der Waals surface area (Å²) in [5.41, 5.74) is -0.100. The number of benzene rings is 1. The molecule has 0 aliphatic rings. The average molecular weight is 329 g/mol. The van der Waals surface area contributed by atoms with E-state index in [1.807, 2.05) is 0 Å². The number of nitrogens with one attached hydrogen (secondary N) is 1. The number of aromatic hydroxyl groups is 1. The number of sulfonamides is 1. The Bertz CT molecular complexity index is 785. The molecule has 0 saturated carbocycles. The first-order chi connectivity index (χ1) is 9.79. The lowest BCUT2D eigenvalue weighted by molar-refractivity contribution is -0.386. The van der Waals surface area contributed by atoms with E-state index in [1.54, 1.807) is 12.3 Å². The molecule has 0 amide bonds. The van der Waals surface area contributed by atoms with E-state index >= 15 is 0 Å². The highest BCUT2D eigenvalue weighted by molar-refractivity contribution is 7.89. The van der Waals surface area contributed by atoms with E-state index < -0.39 is 26.4 Å². The molecule has 0 atom stereocenters. The van der Waals surface area contributed by atoms with Crippen LogP contribution in [0.15, 0.2) is 28.5 Å². The minimum atomic E-state index is -3.92. The van der Waals surface area contributed by atoms with Crippen molar-refractivity contribution in [3.63, 3.8) is 0 Å². The van der Waals surface area contributed by atoms with Crippen LogP contribution < -0.4 is 4.72 Å². The highest BCUT2D eigenvalue weighted by atomic mass is 32.2. The lowest BCUT2D eigenvalue weighted by Crippen LogP contribution is -2.23. The van der Waals surface area contributed by atoms with Gasteiger partial charge in [0.25, 0.3) is 0 Å². The van der Waals surface area contributed by atoms with Gasteiger partial charge in [0, 0.05) is 11.4 Å². The molecule has 0 saturated heterocycles. The topological polar surface area (TPSA) is 122 Å². The number of aromatic nitrogens is 1. The van der Waals surface area contributed by atoms with Crippen LogP contribution in [0.2, 0.25) is 0 Å². The standard InChI is InChI=1S/C11H11N3O5S2/c1-7-13-8(6-20-7)5-12-21(18,19)9-2-3-11(15)10(4-9)14(16)17/h2-4,6,12,15H,5H2,1H3. The molecule has 0 unspecified atom stereocenters. The van der Waals surface area contributed by atoms with Gasteiger partial charge in [-0.1, -0.05) is 0 Å². The van der Waals surface area contributed by atoms with Crippen molar-refractivity contribution in [2.24, 2.45) is 0 Å². The Balaban J connectivity index is 2.23. The van der Waals surface area contributed by atoms with Gasteiger partial charge >= 0.3 is 5.69 Å². The first kappa shape index (κ1) is 15.4. The van der Waals surface area contributed by atoms with Crippen molar-refractivity contribution in [2.75, 3.05) is 0 Å². The molecule has 2 aromatic rings.